The molecule has 0 radical (unpaired) electrons. The van der Waals surface area contributed by atoms with Gasteiger partial charge >= 0.3 is 0 Å². The molecule has 1 fully saturated rings. The summed E-state index contributed by atoms with van der Waals surface area (Å²) in [5.74, 6) is 0.00644. The Kier molecular flexibility index (Phi) is 4.38. The second-order valence-electron chi connectivity index (χ2n) is 3.17. The Labute approximate surface area is 80.9 Å². The molecule has 5 heteroatoms. The van der Waals surface area contributed by atoms with Crippen LogP contribution in [-0.4, -0.2) is 41.3 Å². The quantitative estimate of drug-likeness (QED) is 0.635. The van der Waals surface area contributed by atoms with Crippen LogP contribution in [0.5, 0.6) is 0 Å². The maximum atomic E-state index is 11.6. The molecule has 2 N–H and O–H groups in total. The molecule has 1 rings (SSSR count). The normalized spacial score (nSPS) is 25.2. The zero-order valence-electron chi connectivity index (χ0n) is 7.84. The van der Waals surface area contributed by atoms with E-state index in [0.29, 0.717) is 0 Å². The van der Waals surface area contributed by atoms with Gasteiger partial charge in [0.15, 0.2) is 0 Å². The van der Waals surface area contributed by atoms with Crippen LogP contribution in [0.25, 0.3) is 0 Å². The number of amides is 1. The summed E-state index contributed by atoms with van der Waals surface area (Å²) in [6, 6.07) is 0. The van der Waals surface area contributed by atoms with Crippen molar-refractivity contribution in [2.24, 2.45) is 0 Å². The van der Waals surface area contributed by atoms with Gasteiger partial charge in [0.05, 0.1) is 0 Å². The maximum Gasteiger partial charge on any atom is 0.232 e. The molecule has 4 nitrogen and oxygen atoms in total. The highest BCUT2D eigenvalue weighted by molar-refractivity contribution is 7.86. The van der Waals surface area contributed by atoms with Crippen molar-refractivity contribution in [2.45, 2.75) is 18.1 Å². The summed E-state index contributed by atoms with van der Waals surface area (Å²) in [6.45, 7) is 1.79. The summed E-state index contributed by atoms with van der Waals surface area (Å²) in [4.78, 5) is 10.9. The van der Waals surface area contributed by atoms with Crippen molar-refractivity contribution in [1.29, 1.82) is 0 Å². The first-order valence-corrected chi connectivity index (χ1v) is 5.90. The highest BCUT2D eigenvalue weighted by Gasteiger charge is 2.20. The number of hydrogen-bond acceptors (Lipinski definition) is 3. The maximum absolute atomic E-state index is 11.6. The number of hydrogen-bond donors (Lipinski definition) is 2. The van der Waals surface area contributed by atoms with Gasteiger partial charge in [0.2, 0.25) is 5.91 Å². The lowest BCUT2D eigenvalue weighted by Crippen LogP contribution is -2.39. The van der Waals surface area contributed by atoms with Crippen LogP contribution in [0.4, 0.5) is 0 Å². The fourth-order valence-electron chi connectivity index (χ4n) is 1.36. The molecule has 0 bridgehead atoms. The van der Waals surface area contributed by atoms with E-state index in [9.17, 15) is 9.00 Å². The van der Waals surface area contributed by atoms with Gasteiger partial charge in [-0.2, -0.15) is 0 Å². The van der Waals surface area contributed by atoms with Crippen molar-refractivity contribution in [3.63, 3.8) is 0 Å². The van der Waals surface area contributed by atoms with E-state index >= 15 is 0 Å². The molecule has 0 aromatic carbocycles. The molecular weight excluding hydrogens is 188 g/mol. The number of carbonyl (C=O) groups excluding carboxylic acids is 1. The largest absolute Gasteiger partial charge is 0.358 e. The van der Waals surface area contributed by atoms with Gasteiger partial charge in [-0.3, -0.25) is 9.00 Å². The molecule has 1 aliphatic heterocycles. The Morgan fingerprint density at radius 1 is 1.69 bits per heavy atom. The SMILES string of the molecule is CNC(=O)CS(=O)C1CCCNC1. The molecule has 1 aliphatic rings. The third kappa shape index (κ3) is 3.44. The summed E-state index contributed by atoms with van der Waals surface area (Å²) >= 11 is 0. The van der Waals surface area contributed by atoms with Crippen molar-refractivity contribution in [3.8, 4) is 0 Å². The summed E-state index contributed by atoms with van der Waals surface area (Å²) in [5.41, 5.74) is 0. The van der Waals surface area contributed by atoms with E-state index < -0.39 is 10.8 Å². The van der Waals surface area contributed by atoms with Crippen LogP contribution < -0.4 is 10.6 Å². The highest BCUT2D eigenvalue weighted by atomic mass is 32.2. The third-order valence-electron chi connectivity index (χ3n) is 2.18. The molecule has 0 aromatic heterocycles. The van der Waals surface area contributed by atoms with Crippen LogP contribution in [0.15, 0.2) is 0 Å². The fraction of sp³-hybridized carbons (Fsp3) is 0.875. The van der Waals surface area contributed by atoms with Gasteiger partial charge in [0.25, 0.3) is 0 Å². The standard InChI is InChI=1S/C8H16N2O2S/c1-9-8(11)6-13(12)7-3-2-4-10-5-7/h7,10H,2-6H2,1H3,(H,9,11). The van der Waals surface area contributed by atoms with E-state index in [1.165, 1.54) is 0 Å². The molecule has 0 saturated carbocycles. The van der Waals surface area contributed by atoms with Crippen molar-refractivity contribution in [2.75, 3.05) is 25.9 Å². The number of rotatable bonds is 3. The van der Waals surface area contributed by atoms with Crippen LogP contribution >= 0.6 is 0 Å². The molecule has 1 saturated heterocycles. The van der Waals surface area contributed by atoms with Crippen molar-refractivity contribution in [1.82, 2.24) is 10.6 Å². The van der Waals surface area contributed by atoms with E-state index in [-0.39, 0.29) is 16.9 Å². The predicted octanol–water partition coefficient (Wildman–Crippen LogP) is -0.767. The number of nitrogens with one attached hydrogen (secondary N) is 2. The van der Waals surface area contributed by atoms with Crippen molar-refractivity contribution >= 4 is 16.7 Å². The van der Waals surface area contributed by atoms with Crippen LogP contribution in [0.3, 0.4) is 0 Å². The molecule has 1 heterocycles. The third-order valence-corrected chi connectivity index (χ3v) is 3.87. The van der Waals surface area contributed by atoms with Gasteiger partial charge in [-0.05, 0) is 19.4 Å². The summed E-state index contributed by atoms with van der Waals surface area (Å²) in [6.07, 6.45) is 2.03. The molecular formula is C8H16N2O2S. The monoisotopic (exact) mass is 204 g/mol. The second kappa shape index (κ2) is 5.34. The van der Waals surface area contributed by atoms with Crippen LogP contribution in [-0.2, 0) is 15.6 Å². The molecule has 76 valence electrons. The highest BCUT2D eigenvalue weighted by Crippen LogP contribution is 2.08. The number of piperidine rings is 1. The first kappa shape index (κ1) is 10.7. The smallest absolute Gasteiger partial charge is 0.232 e. The summed E-state index contributed by atoms with van der Waals surface area (Å²) in [7, 11) is 0.557. The summed E-state index contributed by atoms with van der Waals surface area (Å²) < 4.78 is 11.6. The lowest BCUT2D eigenvalue weighted by Gasteiger charge is -2.21. The van der Waals surface area contributed by atoms with Gasteiger partial charge in [-0.1, -0.05) is 0 Å². The minimum absolute atomic E-state index is 0.135. The molecule has 1 amide bonds. The Bertz CT molecular complexity index is 202. The van der Waals surface area contributed by atoms with Crippen LogP contribution in [0.2, 0.25) is 0 Å². The average Bonchev–Trinajstić information content (AvgIpc) is 2.19. The Balaban J connectivity index is 2.33. The van der Waals surface area contributed by atoms with Gasteiger partial charge in [-0.25, -0.2) is 0 Å². The van der Waals surface area contributed by atoms with Crippen LogP contribution in [0, 0.1) is 0 Å². The Morgan fingerprint density at radius 2 is 2.46 bits per heavy atom. The Hall–Kier alpha value is -0.420. The predicted molar refractivity (Wildman–Crippen MR) is 53.0 cm³/mol. The molecule has 2 atom stereocenters. The molecule has 0 spiro atoms. The van der Waals surface area contributed by atoms with E-state index in [0.717, 1.165) is 25.9 Å². The van der Waals surface area contributed by atoms with Crippen molar-refractivity contribution in [3.05, 3.63) is 0 Å². The lowest BCUT2D eigenvalue weighted by molar-refractivity contribution is -0.118. The van der Waals surface area contributed by atoms with Crippen molar-refractivity contribution < 1.29 is 9.00 Å². The van der Waals surface area contributed by atoms with Gasteiger partial charge in [-0.15, -0.1) is 0 Å². The van der Waals surface area contributed by atoms with Gasteiger partial charge in [0, 0.05) is 29.6 Å². The number of carbonyl (C=O) groups is 1. The van der Waals surface area contributed by atoms with E-state index in [1.807, 2.05) is 0 Å². The first-order chi connectivity index (χ1) is 6.24. The van der Waals surface area contributed by atoms with Gasteiger partial charge < -0.3 is 10.6 Å². The van der Waals surface area contributed by atoms with E-state index in [4.69, 9.17) is 0 Å². The molecule has 2 unspecified atom stereocenters. The molecule has 0 aliphatic carbocycles. The summed E-state index contributed by atoms with van der Waals surface area (Å²) in [5, 5.41) is 5.82. The minimum Gasteiger partial charge on any atom is -0.358 e. The average molecular weight is 204 g/mol. The zero-order chi connectivity index (χ0) is 9.68. The second-order valence-corrected chi connectivity index (χ2v) is 4.88. The molecule has 0 aromatic rings. The first-order valence-electron chi connectivity index (χ1n) is 4.52. The fourth-order valence-corrected chi connectivity index (χ4v) is 2.74. The molecule has 13 heavy (non-hydrogen) atoms. The topological polar surface area (TPSA) is 58.2 Å². The van der Waals surface area contributed by atoms with E-state index in [2.05, 4.69) is 10.6 Å². The lowest BCUT2D eigenvalue weighted by atomic mass is 10.2. The van der Waals surface area contributed by atoms with Gasteiger partial charge in [0.1, 0.15) is 5.75 Å². The minimum atomic E-state index is -1.01. The van der Waals surface area contributed by atoms with E-state index in [1.54, 1.807) is 7.05 Å². The Morgan fingerprint density at radius 3 is 3.00 bits per heavy atom. The zero-order valence-corrected chi connectivity index (χ0v) is 8.65. The van der Waals surface area contributed by atoms with Crippen LogP contribution in [0.1, 0.15) is 12.8 Å².